The Balaban J connectivity index is 2.41. The molecule has 0 spiro atoms. The highest BCUT2D eigenvalue weighted by Gasteiger charge is 2.20. The van der Waals surface area contributed by atoms with Gasteiger partial charge in [0.15, 0.2) is 0 Å². The fraction of sp³-hybridized carbons (Fsp3) is 0.312. The van der Waals surface area contributed by atoms with Gasteiger partial charge in [0, 0.05) is 11.8 Å². The van der Waals surface area contributed by atoms with Crippen LogP contribution < -0.4 is 10.5 Å². The van der Waals surface area contributed by atoms with Crippen LogP contribution in [-0.4, -0.2) is 15.0 Å². The summed E-state index contributed by atoms with van der Waals surface area (Å²) >= 11 is 4.92. The van der Waals surface area contributed by atoms with E-state index in [-0.39, 0.29) is 16.4 Å². The third-order valence-electron chi connectivity index (χ3n) is 3.03. The molecule has 110 valence electrons. The van der Waals surface area contributed by atoms with Gasteiger partial charge in [-0.15, -0.1) is 0 Å². The Morgan fingerprint density at radius 1 is 1.24 bits per heavy atom. The molecule has 0 aliphatic heterocycles. The topological polar surface area (TPSA) is 61.0 Å². The van der Waals surface area contributed by atoms with E-state index >= 15 is 0 Å². The molecule has 2 rings (SSSR count). The molecule has 0 atom stereocenters. The van der Waals surface area contributed by atoms with Crippen LogP contribution in [0.2, 0.25) is 0 Å². The first-order valence-corrected chi connectivity index (χ1v) is 7.10. The largest absolute Gasteiger partial charge is 0.424 e. The smallest absolute Gasteiger partial charge is 0.322 e. The van der Waals surface area contributed by atoms with Crippen LogP contribution in [0.5, 0.6) is 11.8 Å². The van der Waals surface area contributed by atoms with E-state index < -0.39 is 0 Å². The van der Waals surface area contributed by atoms with Crippen molar-refractivity contribution in [2.75, 3.05) is 0 Å². The summed E-state index contributed by atoms with van der Waals surface area (Å²) in [6, 6.07) is 8.03. The number of hydrogen-bond donors (Lipinski definition) is 1. The average molecular weight is 301 g/mol. The fourth-order valence-corrected chi connectivity index (χ4v) is 2.07. The molecule has 0 amide bonds. The van der Waals surface area contributed by atoms with Gasteiger partial charge in [0.2, 0.25) is 0 Å². The molecule has 0 fully saturated rings. The van der Waals surface area contributed by atoms with E-state index in [1.54, 1.807) is 12.3 Å². The molecule has 0 radical (unpaired) electrons. The van der Waals surface area contributed by atoms with Gasteiger partial charge in [-0.1, -0.05) is 45.1 Å². The number of hydrogen-bond acceptors (Lipinski definition) is 4. The summed E-state index contributed by atoms with van der Waals surface area (Å²) in [7, 11) is 0. The van der Waals surface area contributed by atoms with Gasteiger partial charge >= 0.3 is 6.01 Å². The zero-order chi connectivity index (χ0) is 15.6. The summed E-state index contributed by atoms with van der Waals surface area (Å²) in [4.78, 5) is 8.57. The minimum absolute atomic E-state index is 0.0379. The standard InChI is InChI=1S/C16H19N3OS/c1-10-5-6-11(16(2,3)4)13(9-10)20-15-18-8-7-12(19-15)14(17)21/h5-9H,1-4H3,(H2,17,21). The Labute approximate surface area is 130 Å². The lowest BCUT2D eigenvalue weighted by Gasteiger charge is -2.22. The van der Waals surface area contributed by atoms with Gasteiger partial charge in [-0.25, -0.2) is 4.98 Å². The van der Waals surface area contributed by atoms with Crippen LogP contribution in [0.4, 0.5) is 0 Å². The van der Waals surface area contributed by atoms with Gasteiger partial charge in [-0.3, -0.25) is 0 Å². The van der Waals surface area contributed by atoms with Crippen molar-refractivity contribution in [3.05, 3.63) is 47.3 Å². The van der Waals surface area contributed by atoms with Crippen molar-refractivity contribution in [1.29, 1.82) is 0 Å². The summed E-state index contributed by atoms with van der Waals surface area (Å²) in [5.74, 6) is 0.752. The van der Waals surface area contributed by atoms with Crippen molar-refractivity contribution in [3.63, 3.8) is 0 Å². The Hall–Kier alpha value is -2.01. The first-order chi connectivity index (χ1) is 9.77. The minimum Gasteiger partial charge on any atom is -0.424 e. The number of ether oxygens (including phenoxy) is 1. The zero-order valence-electron chi connectivity index (χ0n) is 12.7. The molecule has 0 bridgehead atoms. The van der Waals surface area contributed by atoms with Crippen LogP contribution in [0, 0.1) is 6.92 Å². The number of nitrogens with zero attached hydrogens (tertiary/aromatic N) is 2. The number of thiocarbonyl (C=S) groups is 1. The third kappa shape index (κ3) is 3.76. The van der Waals surface area contributed by atoms with E-state index in [2.05, 4.69) is 42.9 Å². The Morgan fingerprint density at radius 2 is 1.95 bits per heavy atom. The van der Waals surface area contributed by atoms with Crippen molar-refractivity contribution in [2.45, 2.75) is 33.1 Å². The molecule has 4 nitrogen and oxygen atoms in total. The molecule has 1 aromatic heterocycles. The van der Waals surface area contributed by atoms with Gasteiger partial charge in [-0.2, -0.15) is 4.98 Å². The molecule has 1 aromatic carbocycles. The first-order valence-electron chi connectivity index (χ1n) is 6.69. The number of rotatable bonds is 3. The highest BCUT2D eigenvalue weighted by Crippen LogP contribution is 2.33. The van der Waals surface area contributed by atoms with E-state index in [4.69, 9.17) is 22.7 Å². The lowest BCUT2D eigenvalue weighted by Crippen LogP contribution is -2.14. The molecule has 0 saturated heterocycles. The Morgan fingerprint density at radius 3 is 2.57 bits per heavy atom. The second-order valence-electron chi connectivity index (χ2n) is 5.94. The fourth-order valence-electron chi connectivity index (χ4n) is 1.96. The number of benzene rings is 1. The maximum absolute atomic E-state index is 5.87. The summed E-state index contributed by atoms with van der Waals surface area (Å²) < 4.78 is 5.87. The van der Waals surface area contributed by atoms with Crippen LogP contribution in [0.15, 0.2) is 30.5 Å². The highest BCUT2D eigenvalue weighted by molar-refractivity contribution is 7.80. The van der Waals surface area contributed by atoms with Crippen molar-refractivity contribution in [1.82, 2.24) is 9.97 Å². The third-order valence-corrected chi connectivity index (χ3v) is 3.24. The number of aromatic nitrogens is 2. The quantitative estimate of drug-likeness (QED) is 0.879. The summed E-state index contributed by atoms with van der Waals surface area (Å²) in [5, 5.41) is 0. The molecular formula is C16H19N3OS. The molecule has 1 heterocycles. The van der Waals surface area contributed by atoms with E-state index in [0.29, 0.717) is 5.69 Å². The average Bonchev–Trinajstić information content (AvgIpc) is 2.37. The van der Waals surface area contributed by atoms with Crippen LogP contribution >= 0.6 is 12.2 Å². The lowest BCUT2D eigenvalue weighted by atomic mass is 9.86. The van der Waals surface area contributed by atoms with E-state index in [0.717, 1.165) is 16.9 Å². The van der Waals surface area contributed by atoms with E-state index in [9.17, 15) is 0 Å². The molecule has 0 aliphatic rings. The minimum atomic E-state index is -0.0379. The van der Waals surface area contributed by atoms with Crippen molar-refractivity contribution < 1.29 is 4.74 Å². The molecule has 2 aromatic rings. The molecule has 2 N–H and O–H groups in total. The van der Waals surface area contributed by atoms with Gasteiger partial charge in [0.1, 0.15) is 16.4 Å². The van der Waals surface area contributed by atoms with Crippen LogP contribution in [0.25, 0.3) is 0 Å². The summed E-state index contributed by atoms with van der Waals surface area (Å²) in [5.41, 5.74) is 8.26. The van der Waals surface area contributed by atoms with Crippen LogP contribution in [0.3, 0.4) is 0 Å². The molecule has 0 aliphatic carbocycles. The van der Waals surface area contributed by atoms with Crippen LogP contribution in [0.1, 0.15) is 37.6 Å². The second-order valence-corrected chi connectivity index (χ2v) is 6.38. The molecule has 0 saturated carbocycles. The van der Waals surface area contributed by atoms with E-state index in [1.807, 2.05) is 13.0 Å². The lowest BCUT2D eigenvalue weighted by molar-refractivity contribution is 0.422. The Kier molecular flexibility index (Phi) is 4.23. The van der Waals surface area contributed by atoms with E-state index in [1.165, 1.54) is 0 Å². The SMILES string of the molecule is Cc1ccc(C(C)(C)C)c(Oc2nccc(C(N)=S)n2)c1. The first kappa shape index (κ1) is 15.4. The van der Waals surface area contributed by atoms with Gasteiger partial charge in [0.05, 0.1) is 0 Å². The molecule has 5 heteroatoms. The molecular weight excluding hydrogens is 282 g/mol. The molecule has 21 heavy (non-hydrogen) atoms. The Bertz CT molecular complexity index is 677. The maximum atomic E-state index is 5.87. The second kappa shape index (κ2) is 5.77. The van der Waals surface area contributed by atoms with Gasteiger partial charge in [-0.05, 0) is 30.0 Å². The predicted octanol–water partition coefficient (Wildman–Crippen LogP) is 3.51. The van der Waals surface area contributed by atoms with Crippen molar-refractivity contribution in [2.24, 2.45) is 5.73 Å². The monoisotopic (exact) mass is 301 g/mol. The number of nitrogens with two attached hydrogens (primary N) is 1. The normalized spacial score (nSPS) is 11.2. The van der Waals surface area contributed by atoms with Crippen LogP contribution in [-0.2, 0) is 5.41 Å². The number of aryl methyl sites for hydroxylation is 1. The maximum Gasteiger partial charge on any atom is 0.322 e. The van der Waals surface area contributed by atoms with Gasteiger partial charge in [0.25, 0.3) is 0 Å². The zero-order valence-corrected chi connectivity index (χ0v) is 13.5. The molecule has 0 unspecified atom stereocenters. The van der Waals surface area contributed by atoms with Crippen molar-refractivity contribution in [3.8, 4) is 11.8 Å². The predicted molar refractivity (Wildman–Crippen MR) is 87.9 cm³/mol. The summed E-state index contributed by atoms with van der Waals surface area (Å²) in [6.45, 7) is 8.43. The highest BCUT2D eigenvalue weighted by atomic mass is 32.1. The summed E-state index contributed by atoms with van der Waals surface area (Å²) in [6.07, 6.45) is 1.59. The van der Waals surface area contributed by atoms with Crippen molar-refractivity contribution >= 4 is 17.2 Å². The van der Waals surface area contributed by atoms with Gasteiger partial charge < -0.3 is 10.5 Å².